The maximum Gasteiger partial charge on any atom is 0.260 e. The summed E-state index contributed by atoms with van der Waals surface area (Å²) < 4.78 is 0. The number of fused-ring (bicyclic) bond motifs is 1. The van der Waals surface area contributed by atoms with Gasteiger partial charge in [0.05, 0.1) is 17.7 Å². The third kappa shape index (κ3) is 3.36. The molecule has 0 atom stereocenters. The first kappa shape index (κ1) is 17.8. The SMILES string of the molecule is CN=C(C)CC(=N)CN1C(=O)C(=Cc2ccc[nH]2)c2c(Cl)nc(N)nc21. The van der Waals surface area contributed by atoms with Gasteiger partial charge in [0, 0.05) is 36.8 Å². The standard InChI is InChI=1S/C17H18ClN7O/c1-9(21-2)6-10(19)8-25-15-13(14(18)23-17(20)24-15)12(16(25)26)7-11-4-3-5-22-11/h3-5,7,19,22H,6,8H2,1-2H3,(H2,20,23,24). The van der Waals surface area contributed by atoms with Gasteiger partial charge in [0.15, 0.2) is 5.82 Å². The number of anilines is 2. The van der Waals surface area contributed by atoms with Gasteiger partial charge >= 0.3 is 0 Å². The first-order valence-corrected chi connectivity index (χ1v) is 8.27. The van der Waals surface area contributed by atoms with E-state index in [-0.39, 0.29) is 23.6 Å². The predicted molar refractivity (Wildman–Crippen MR) is 104 cm³/mol. The average Bonchev–Trinajstić information content (AvgIpc) is 3.17. The largest absolute Gasteiger partial charge is 0.368 e. The number of carbonyl (C=O) groups excluding carboxylic acids is 1. The molecule has 0 fully saturated rings. The van der Waals surface area contributed by atoms with Crippen LogP contribution in [-0.4, -0.2) is 45.9 Å². The summed E-state index contributed by atoms with van der Waals surface area (Å²) in [5.74, 6) is -0.00103. The van der Waals surface area contributed by atoms with Gasteiger partial charge in [0.25, 0.3) is 5.91 Å². The minimum absolute atomic E-state index is 0.0227. The van der Waals surface area contributed by atoms with Crippen LogP contribution < -0.4 is 10.6 Å². The minimum atomic E-state index is -0.299. The molecule has 0 radical (unpaired) electrons. The molecule has 0 saturated heterocycles. The molecule has 0 spiro atoms. The number of hydrogen-bond donors (Lipinski definition) is 3. The second-order valence-electron chi connectivity index (χ2n) is 5.89. The Morgan fingerprint density at radius 1 is 1.50 bits per heavy atom. The summed E-state index contributed by atoms with van der Waals surface area (Å²) in [5.41, 5.74) is 8.39. The van der Waals surface area contributed by atoms with Gasteiger partial charge < -0.3 is 16.1 Å². The number of rotatable bonds is 5. The van der Waals surface area contributed by atoms with E-state index in [1.54, 1.807) is 19.3 Å². The highest BCUT2D eigenvalue weighted by Gasteiger charge is 2.37. The van der Waals surface area contributed by atoms with Crippen molar-refractivity contribution in [3.8, 4) is 0 Å². The highest BCUT2D eigenvalue weighted by atomic mass is 35.5. The van der Waals surface area contributed by atoms with Crippen LogP contribution in [0.25, 0.3) is 11.6 Å². The van der Waals surface area contributed by atoms with E-state index in [4.69, 9.17) is 22.7 Å². The summed E-state index contributed by atoms with van der Waals surface area (Å²) in [6.07, 6.45) is 3.82. The molecular formula is C17H18ClN7O. The number of halogens is 1. The van der Waals surface area contributed by atoms with Crippen LogP contribution in [0.15, 0.2) is 23.3 Å². The summed E-state index contributed by atoms with van der Waals surface area (Å²) in [7, 11) is 1.67. The smallest absolute Gasteiger partial charge is 0.260 e. The Hall–Kier alpha value is -3.00. The zero-order valence-corrected chi connectivity index (χ0v) is 15.1. The third-order valence-electron chi connectivity index (χ3n) is 3.99. The Bertz CT molecular complexity index is 931. The molecule has 3 rings (SSSR count). The summed E-state index contributed by atoms with van der Waals surface area (Å²) in [4.78, 5) is 29.6. The Labute approximate surface area is 155 Å². The maximum atomic E-state index is 13.0. The molecule has 3 heterocycles. The van der Waals surface area contributed by atoms with Crippen LogP contribution in [0.2, 0.25) is 5.15 Å². The lowest BCUT2D eigenvalue weighted by atomic mass is 10.1. The van der Waals surface area contributed by atoms with Gasteiger partial charge in [-0.3, -0.25) is 14.7 Å². The van der Waals surface area contributed by atoms with Crippen molar-refractivity contribution in [2.24, 2.45) is 4.99 Å². The van der Waals surface area contributed by atoms with Crippen LogP contribution in [-0.2, 0) is 4.79 Å². The minimum Gasteiger partial charge on any atom is -0.368 e. The van der Waals surface area contributed by atoms with Crippen LogP contribution in [0.3, 0.4) is 0 Å². The molecule has 134 valence electrons. The molecule has 0 bridgehead atoms. The second-order valence-corrected chi connectivity index (χ2v) is 6.24. The average molecular weight is 372 g/mol. The van der Waals surface area contributed by atoms with Gasteiger partial charge in [-0.05, 0) is 25.1 Å². The normalized spacial score (nSPS) is 15.7. The quantitative estimate of drug-likeness (QED) is 0.424. The zero-order valence-electron chi connectivity index (χ0n) is 14.4. The molecule has 4 N–H and O–H groups in total. The van der Waals surface area contributed by atoms with Crippen molar-refractivity contribution < 1.29 is 4.79 Å². The number of hydrogen-bond acceptors (Lipinski definition) is 6. The lowest BCUT2D eigenvalue weighted by Crippen LogP contribution is -2.33. The molecule has 8 nitrogen and oxygen atoms in total. The lowest BCUT2D eigenvalue weighted by molar-refractivity contribution is -0.112. The van der Waals surface area contributed by atoms with Crippen molar-refractivity contribution in [1.29, 1.82) is 5.41 Å². The van der Waals surface area contributed by atoms with Crippen molar-refractivity contribution in [2.75, 3.05) is 24.2 Å². The number of nitrogens with one attached hydrogen (secondary N) is 2. The Morgan fingerprint density at radius 2 is 2.27 bits per heavy atom. The fraction of sp³-hybridized carbons (Fsp3) is 0.235. The van der Waals surface area contributed by atoms with Crippen LogP contribution in [0.4, 0.5) is 11.8 Å². The van der Waals surface area contributed by atoms with E-state index in [9.17, 15) is 4.79 Å². The number of nitrogens with two attached hydrogens (primary N) is 1. The highest BCUT2D eigenvalue weighted by molar-refractivity contribution is 6.41. The molecule has 0 aliphatic carbocycles. The fourth-order valence-corrected chi connectivity index (χ4v) is 2.99. The summed E-state index contributed by atoms with van der Waals surface area (Å²) >= 11 is 6.25. The Kier molecular flexibility index (Phi) is 4.85. The summed E-state index contributed by atoms with van der Waals surface area (Å²) in [5, 5.41) is 8.29. The molecule has 1 aliphatic rings. The summed E-state index contributed by atoms with van der Waals surface area (Å²) in [6.45, 7) is 1.91. The molecule has 1 aliphatic heterocycles. The van der Waals surface area contributed by atoms with E-state index < -0.39 is 0 Å². The van der Waals surface area contributed by atoms with E-state index >= 15 is 0 Å². The van der Waals surface area contributed by atoms with Crippen LogP contribution in [0, 0.1) is 5.41 Å². The van der Waals surface area contributed by atoms with Gasteiger partial charge in [0.1, 0.15) is 5.15 Å². The molecule has 2 aromatic heterocycles. The van der Waals surface area contributed by atoms with E-state index in [2.05, 4.69) is 19.9 Å². The van der Waals surface area contributed by atoms with E-state index in [1.807, 2.05) is 19.1 Å². The number of carbonyl (C=O) groups is 1. The molecule has 26 heavy (non-hydrogen) atoms. The van der Waals surface area contributed by atoms with Gasteiger partial charge in [-0.15, -0.1) is 0 Å². The fourth-order valence-electron chi connectivity index (χ4n) is 2.72. The number of aromatic amines is 1. The third-order valence-corrected chi connectivity index (χ3v) is 4.26. The molecule has 0 saturated carbocycles. The molecule has 0 aromatic carbocycles. The number of aromatic nitrogens is 3. The number of nitrogen functional groups attached to an aromatic ring is 1. The second kappa shape index (κ2) is 7.09. The number of amides is 1. The van der Waals surface area contributed by atoms with Crippen molar-refractivity contribution in [1.82, 2.24) is 15.0 Å². The van der Waals surface area contributed by atoms with E-state index in [0.29, 0.717) is 29.1 Å². The van der Waals surface area contributed by atoms with Crippen molar-refractivity contribution in [2.45, 2.75) is 13.3 Å². The van der Waals surface area contributed by atoms with E-state index in [1.165, 1.54) is 4.90 Å². The number of aliphatic imine (C=N–C) groups is 1. The molecule has 2 aromatic rings. The summed E-state index contributed by atoms with van der Waals surface area (Å²) in [6, 6.07) is 3.66. The van der Waals surface area contributed by atoms with Crippen LogP contribution in [0.5, 0.6) is 0 Å². The predicted octanol–water partition coefficient (Wildman–Crippen LogP) is 2.43. The first-order chi connectivity index (χ1) is 12.4. The van der Waals surface area contributed by atoms with Crippen molar-refractivity contribution in [3.63, 3.8) is 0 Å². The van der Waals surface area contributed by atoms with E-state index in [0.717, 1.165) is 11.4 Å². The Morgan fingerprint density at radius 3 is 2.92 bits per heavy atom. The lowest BCUT2D eigenvalue weighted by Gasteiger charge is -2.16. The molecule has 1 amide bonds. The van der Waals surface area contributed by atoms with Gasteiger partial charge in [-0.25, -0.2) is 4.98 Å². The monoisotopic (exact) mass is 371 g/mol. The maximum absolute atomic E-state index is 13.0. The Balaban J connectivity index is 2.03. The number of nitrogens with zero attached hydrogens (tertiary/aromatic N) is 4. The van der Waals surface area contributed by atoms with Crippen LogP contribution in [0.1, 0.15) is 24.6 Å². The zero-order chi connectivity index (χ0) is 18.8. The molecule has 9 heteroatoms. The van der Waals surface area contributed by atoms with Gasteiger partial charge in [-0.2, -0.15) is 4.98 Å². The highest BCUT2D eigenvalue weighted by Crippen LogP contribution is 2.40. The van der Waals surface area contributed by atoms with Gasteiger partial charge in [0.2, 0.25) is 5.95 Å². The van der Waals surface area contributed by atoms with Gasteiger partial charge in [-0.1, -0.05) is 11.6 Å². The van der Waals surface area contributed by atoms with Crippen molar-refractivity contribution >= 4 is 52.3 Å². The topological polar surface area (TPSA) is 124 Å². The van der Waals surface area contributed by atoms with Crippen molar-refractivity contribution in [3.05, 3.63) is 34.7 Å². The molecule has 0 unspecified atom stereocenters. The number of H-pyrrole nitrogens is 1. The van der Waals surface area contributed by atoms with Crippen LogP contribution >= 0.6 is 11.6 Å². The molecular weight excluding hydrogens is 354 g/mol. The first-order valence-electron chi connectivity index (χ1n) is 7.89.